The van der Waals surface area contributed by atoms with Gasteiger partial charge in [-0.15, -0.1) is 11.3 Å². The van der Waals surface area contributed by atoms with Crippen molar-refractivity contribution < 1.29 is 0 Å². The highest BCUT2D eigenvalue weighted by Gasteiger charge is 2.12. The van der Waals surface area contributed by atoms with Gasteiger partial charge in [0.25, 0.3) is 0 Å². The van der Waals surface area contributed by atoms with E-state index in [9.17, 15) is 0 Å². The molecule has 0 atom stereocenters. The molecule has 2 heterocycles. The predicted octanol–water partition coefficient (Wildman–Crippen LogP) is 3.19. The van der Waals surface area contributed by atoms with Crippen LogP contribution in [0.25, 0.3) is 0 Å². The molecule has 0 radical (unpaired) electrons. The van der Waals surface area contributed by atoms with Crippen LogP contribution in [0.3, 0.4) is 0 Å². The molecular formula is C14H21N3S. The molecule has 0 aliphatic heterocycles. The monoisotopic (exact) mass is 263 g/mol. The van der Waals surface area contributed by atoms with Crippen molar-refractivity contribution >= 4 is 11.3 Å². The average Bonchev–Trinajstić information content (AvgIpc) is 2.88. The maximum Gasteiger partial charge on any atom is 0.106 e. The van der Waals surface area contributed by atoms with Gasteiger partial charge in [-0.25, -0.2) is 4.98 Å². The molecule has 98 valence electrons. The molecule has 18 heavy (non-hydrogen) atoms. The summed E-state index contributed by atoms with van der Waals surface area (Å²) in [6.45, 7) is 10.4. The molecule has 0 aliphatic carbocycles. The van der Waals surface area contributed by atoms with E-state index in [-0.39, 0.29) is 5.54 Å². The fraction of sp³-hybridized carbons (Fsp3) is 0.500. The van der Waals surface area contributed by atoms with Gasteiger partial charge in [0.05, 0.1) is 12.2 Å². The van der Waals surface area contributed by atoms with Crippen molar-refractivity contribution in [3.8, 4) is 0 Å². The van der Waals surface area contributed by atoms with Crippen LogP contribution in [-0.2, 0) is 13.1 Å². The van der Waals surface area contributed by atoms with Gasteiger partial charge in [-0.1, -0.05) is 6.07 Å². The lowest BCUT2D eigenvalue weighted by atomic mass is 10.1. The Hall–Kier alpha value is -1.13. The van der Waals surface area contributed by atoms with Crippen LogP contribution in [0.1, 0.15) is 37.2 Å². The van der Waals surface area contributed by atoms with Crippen LogP contribution >= 0.6 is 11.3 Å². The van der Waals surface area contributed by atoms with Crippen molar-refractivity contribution in [3.05, 3.63) is 40.1 Å². The second kappa shape index (κ2) is 5.24. The number of rotatable bonds is 4. The quantitative estimate of drug-likeness (QED) is 0.918. The van der Waals surface area contributed by atoms with Crippen LogP contribution in [0.15, 0.2) is 23.7 Å². The molecule has 0 aliphatic rings. The minimum atomic E-state index is 0.131. The molecule has 0 bridgehead atoms. The van der Waals surface area contributed by atoms with Crippen molar-refractivity contribution in [2.75, 3.05) is 0 Å². The third-order valence-corrected chi connectivity index (χ3v) is 3.69. The summed E-state index contributed by atoms with van der Waals surface area (Å²) in [6.07, 6.45) is 1.97. The van der Waals surface area contributed by atoms with E-state index in [0.717, 1.165) is 18.9 Å². The minimum Gasteiger partial charge on any atom is -0.326 e. The fourth-order valence-electron chi connectivity index (χ4n) is 1.79. The lowest BCUT2D eigenvalue weighted by Gasteiger charge is -2.21. The molecule has 0 aromatic carbocycles. The fourth-order valence-corrected chi connectivity index (χ4v) is 2.48. The van der Waals surface area contributed by atoms with Gasteiger partial charge in [-0.2, -0.15) is 0 Å². The molecule has 1 N–H and O–H groups in total. The van der Waals surface area contributed by atoms with Gasteiger partial charge in [-0.3, -0.25) is 0 Å². The summed E-state index contributed by atoms with van der Waals surface area (Å²) in [5.74, 6) is 1.08. The number of hydrogen-bond acceptors (Lipinski definition) is 3. The van der Waals surface area contributed by atoms with Gasteiger partial charge < -0.3 is 9.88 Å². The smallest absolute Gasteiger partial charge is 0.106 e. The zero-order valence-electron chi connectivity index (χ0n) is 11.5. The molecule has 0 amide bonds. The van der Waals surface area contributed by atoms with E-state index >= 15 is 0 Å². The first-order valence-electron chi connectivity index (χ1n) is 6.24. The molecule has 2 aromatic heterocycles. The first-order chi connectivity index (χ1) is 8.46. The van der Waals surface area contributed by atoms with Crippen molar-refractivity contribution in [2.24, 2.45) is 0 Å². The van der Waals surface area contributed by atoms with Gasteiger partial charge in [0.15, 0.2) is 0 Å². The number of thiophene rings is 1. The Morgan fingerprint density at radius 2 is 2.17 bits per heavy atom. The average molecular weight is 263 g/mol. The zero-order chi connectivity index (χ0) is 13.2. The second-order valence-corrected chi connectivity index (χ2v) is 6.60. The first kappa shape index (κ1) is 13.3. The van der Waals surface area contributed by atoms with E-state index in [2.05, 4.69) is 60.1 Å². The predicted molar refractivity (Wildman–Crippen MR) is 77.0 cm³/mol. The van der Waals surface area contributed by atoms with Crippen LogP contribution < -0.4 is 5.32 Å². The summed E-state index contributed by atoms with van der Waals surface area (Å²) in [5.41, 5.74) is 1.38. The summed E-state index contributed by atoms with van der Waals surface area (Å²) in [7, 11) is 0. The highest BCUT2D eigenvalue weighted by Crippen LogP contribution is 2.14. The molecule has 0 spiro atoms. The number of aromatic nitrogens is 2. The van der Waals surface area contributed by atoms with E-state index < -0.39 is 0 Å². The van der Waals surface area contributed by atoms with Crippen LogP contribution in [0.2, 0.25) is 0 Å². The van der Waals surface area contributed by atoms with Crippen molar-refractivity contribution in [3.63, 3.8) is 0 Å². The lowest BCUT2D eigenvalue weighted by Crippen LogP contribution is -2.35. The maximum absolute atomic E-state index is 4.43. The summed E-state index contributed by atoms with van der Waals surface area (Å²) >= 11 is 1.79. The van der Waals surface area contributed by atoms with Crippen LogP contribution in [0.4, 0.5) is 0 Å². The third kappa shape index (κ3) is 3.43. The highest BCUT2D eigenvalue weighted by atomic mass is 32.1. The number of aryl methyl sites for hydroxylation is 1. The van der Waals surface area contributed by atoms with Crippen LogP contribution in [0, 0.1) is 6.92 Å². The third-order valence-electron chi connectivity index (χ3n) is 2.83. The van der Waals surface area contributed by atoms with Gasteiger partial charge in [0.1, 0.15) is 5.82 Å². The first-order valence-corrected chi connectivity index (χ1v) is 7.12. The lowest BCUT2D eigenvalue weighted by molar-refractivity contribution is 0.416. The Bertz CT molecular complexity index is 492. The second-order valence-electron chi connectivity index (χ2n) is 5.57. The molecule has 2 aromatic rings. The number of hydrogen-bond donors (Lipinski definition) is 1. The topological polar surface area (TPSA) is 29.9 Å². The molecule has 0 saturated heterocycles. The van der Waals surface area contributed by atoms with Crippen LogP contribution in [-0.4, -0.2) is 15.1 Å². The SMILES string of the molecule is Cc1ncc(CNC(C)(C)C)n1Cc1cccs1. The van der Waals surface area contributed by atoms with Gasteiger partial charge in [-0.05, 0) is 39.1 Å². The summed E-state index contributed by atoms with van der Waals surface area (Å²) < 4.78 is 2.28. The molecule has 0 saturated carbocycles. The standard InChI is InChI=1S/C14H21N3S/c1-11-15-8-12(9-16-14(2,3)4)17(11)10-13-6-5-7-18-13/h5-8,16H,9-10H2,1-4H3. The molecule has 4 heteroatoms. The highest BCUT2D eigenvalue weighted by molar-refractivity contribution is 7.09. The van der Waals surface area contributed by atoms with E-state index in [0.29, 0.717) is 0 Å². The van der Waals surface area contributed by atoms with Crippen molar-refractivity contribution in [1.82, 2.24) is 14.9 Å². The maximum atomic E-state index is 4.43. The number of nitrogens with one attached hydrogen (secondary N) is 1. The zero-order valence-corrected chi connectivity index (χ0v) is 12.3. The Morgan fingerprint density at radius 3 is 2.78 bits per heavy atom. The van der Waals surface area contributed by atoms with Crippen LogP contribution in [0.5, 0.6) is 0 Å². The van der Waals surface area contributed by atoms with Crippen molar-refractivity contribution in [1.29, 1.82) is 0 Å². The Kier molecular flexibility index (Phi) is 3.88. The van der Waals surface area contributed by atoms with Gasteiger partial charge in [0.2, 0.25) is 0 Å². The number of imidazole rings is 1. The van der Waals surface area contributed by atoms with Gasteiger partial charge >= 0.3 is 0 Å². The molecule has 0 unspecified atom stereocenters. The van der Waals surface area contributed by atoms with E-state index in [4.69, 9.17) is 0 Å². The van der Waals surface area contributed by atoms with Gasteiger partial charge in [0, 0.05) is 23.2 Å². The Morgan fingerprint density at radius 1 is 1.39 bits per heavy atom. The minimum absolute atomic E-state index is 0.131. The van der Waals surface area contributed by atoms with E-state index in [1.54, 1.807) is 11.3 Å². The largest absolute Gasteiger partial charge is 0.326 e. The Labute approximate surface area is 113 Å². The van der Waals surface area contributed by atoms with Crippen molar-refractivity contribution in [2.45, 2.75) is 46.3 Å². The molecule has 0 fully saturated rings. The molecule has 3 nitrogen and oxygen atoms in total. The Balaban J connectivity index is 2.12. The number of nitrogens with zero attached hydrogens (tertiary/aromatic N) is 2. The molecular weight excluding hydrogens is 242 g/mol. The van der Waals surface area contributed by atoms with E-state index in [1.165, 1.54) is 10.6 Å². The van der Waals surface area contributed by atoms with E-state index in [1.807, 2.05) is 6.20 Å². The normalized spacial score (nSPS) is 12.0. The summed E-state index contributed by atoms with van der Waals surface area (Å²) in [5, 5.41) is 5.63. The summed E-state index contributed by atoms with van der Waals surface area (Å²) in [6, 6.07) is 4.27. The molecule has 2 rings (SSSR count). The summed E-state index contributed by atoms with van der Waals surface area (Å²) in [4.78, 5) is 5.79.